The smallest absolute Gasteiger partial charge is 0.150 e. The number of aryl methyl sites for hydroxylation is 3. The van der Waals surface area contributed by atoms with Crippen LogP contribution in [0.15, 0.2) is 12.4 Å². The molecule has 0 N–H and O–H groups in total. The fraction of sp³-hybridized carbons (Fsp3) is 0.611. The summed E-state index contributed by atoms with van der Waals surface area (Å²) in [5, 5.41) is 4.52. The van der Waals surface area contributed by atoms with Crippen molar-refractivity contribution in [3.63, 3.8) is 0 Å². The van der Waals surface area contributed by atoms with Gasteiger partial charge in [-0.15, -0.1) is 0 Å². The summed E-state index contributed by atoms with van der Waals surface area (Å²) >= 11 is 0. The zero-order valence-corrected chi connectivity index (χ0v) is 15.3. The number of hydrogen-bond donors (Lipinski definition) is 0. The molecule has 0 atom stereocenters. The standard InChI is InChI=1S/C18H28N6/c1-5-6-24-16(4)17(12-20-24)13-22-7-9-23(10-8-22)18-15(3)19-11-14(2)21-18/h11-12H,5-10,13H2,1-4H3. The van der Waals surface area contributed by atoms with Gasteiger partial charge >= 0.3 is 0 Å². The highest BCUT2D eigenvalue weighted by Gasteiger charge is 2.21. The molecule has 0 bridgehead atoms. The van der Waals surface area contributed by atoms with Crippen molar-refractivity contribution in [1.29, 1.82) is 0 Å². The molecule has 0 spiro atoms. The molecule has 0 amide bonds. The van der Waals surface area contributed by atoms with E-state index in [2.05, 4.69) is 43.4 Å². The SMILES string of the molecule is CCCn1ncc(CN2CCN(c3nc(C)cnc3C)CC2)c1C. The van der Waals surface area contributed by atoms with E-state index in [1.54, 1.807) is 0 Å². The molecule has 6 heteroatoms. The van der Waals surface area contributed by atoms with Gasteiger partial charge in [-0.2, -0.15) is 5.10 Å². The molecule has 1 aliphatic rings. The lowest BCUT2D eigenvalue weighted by molar-refractivity contribution is 0.248. The van der Waals surface area contributed by atoms with E-state index in [9.17, 15) is 0 Å². The first-order valence-electron chi connectivity index (χ1n) is 8.87. The number of aromatic nitrogens is 4. The Hall–Kier alpha value is -1.95. The molecule has 1 saturated heterocycles. The topological polar surface area (TPSA) is 50.1 Å². The van der Waals surface area contributed by atoms with E-state index >= 15 is 0 Å². The predicted molar refractivity (Wildman–Crippen MR) is 96.3 cm³/mol. The van der Waals surface area contributed by atoms with E-state index in [1.807, 2.05) is 26.2 Å². The molecule has 3 heterocycles. The fourth-order valence-corrected chi connectivity index (χ4v) is 3.26. The summed E-state index contributed by atoms with van der Waals surface area (Å²) in [5.41, 5.74) is 4.66. The summed E-state index contributed by atoms with van der Waals surface area (Å²) in [6.07, 6.45) is 5.00. The molecular formula is C18H28N6. The molecule has 0 saturated carbocycles. The van der Waals surface area contributed by atoms with E-state index in [-0.39, 0.29) is 0 Å². The van der Waals surface area contributed by atoms with Gasteiger partial charge in [-0.3, -0.25) is 14.6 Å². The van der Waals surface area contributed by atoms with Gasteiger partial charge in [0.2, 0.25) is 0 Å². The van der Waals surface area contributed by atoms with Gasteiger partial charge in [0.15, 0.2) is 0 Å². The van der Waals surface area contributed by atoms with Gasteiger partial charge in [0, 0.05) is 56.7 Å². The zero-order chi connectivity index (χ0) is 17.1. The van der Waals surface area contributed by atoms with Crippen molar-refractivity contribution in [2.75, 3.05) is 31.1 Å². The van der Waals surface area contributed by atoms with Crippen molar-refractivity contribution < 1.29 is 0 Å². The minimum atomic E-state index is 0.983. The number of nitrogens with zero attached hydrogens (tertiary/aromatic N) is 6. The van der Waals surface area contributed by atoms with Crippen LogP contribution in [0.4, 0.5) is 5.82 Å². The van der Waals surface area contributed by atoms with Crippen molar-refractivity contribution >= 4 is 5.82 Å². The summed E-state index contributed by atoms with van der Waals surface area (Å²) in [5.74, 6) is 1.04. The van der Waals surface area contributed by atoms with Crippen molar-refractivity contribution in [2.24, 2.45) is 0 Å². The van der Waals surface area contributed by atoms with Crippen LogP contribution in [0, 0.1) is 20.8 Å². The lowest BCUT2D eigenvalue weighted by atomic mass is 10.2. The monoisotopic (exact) mass is 328 g/mol. The van der Waals surface area contributed by atoms with Crippen molar-refractivity contribution in [3.8, 4) is 0 Å². The van der Waals surface area contributed by atoms with Crippen LogP contribution < -0.4 is 4.90 Å². The zero-order valence-electron chi connectivity index (χ0n) is 15.3. The Kier molecular flexibility index (Phi) is 5.14. The lowest BCUT2D eigenvalue weighted by Crippen LogP contribution is -2.46. The van der Waals surface area contributed by atoms with E-state index in [0.29, 0.717) is 0 Å². The normalized spacial score (nSPS) is 15.9. The maximum atomic E-state index is 4.67. The van der Waals surface area contributed by atoms with E-state index in [4.69, 9.17) is 0 Å². The molecule has 3 rings (SSSR count). The second-order valence-electron chi connectivity index (χ2n) is 6.66. The quantitative estimate of drug-likeness (QED) is 0.843. The van der Waals surface area contributed by atoms with Crippen molar-refractivity contribution in [3.05, 3.63) is 35.0 Å². The second kappa shape index (κ2) is 7.30. The molecule has 2 aromatic heterocycles. The van der Waals surface area contributed by atoms with Crippen molar-refractivity contribution in [2.45, 2.75) is 47.2 Å². The van der Waals surface area contributed by atoms with E-state index in [1.165, 1.54) is 11.3 Å². The molecule has 0 unspecified atom stereocenters. The molecule has 0 aromatic carbocycles. The largest absolute Gasteiger partial charge is 0.353 e. The lowest BCUT2D eigenvalue weighted by Gasteiger charge is -2.35. The van der Waals surface area contributed by atoms with Crippen LogP contribution in [-0.4, -0.2) is 50.8 Å². The van der Waals surface area contributed by atoms with Crippen LogP contribution in [0.5, 0.6) is 0 Å². The molecule has 0 radical (unpaired) electrons. The molecule has 1 aliphatic heterocycles. The fourth-order valence-electron chi connectivity index (χ4n) is 3.26. The summed E-state index contributed by atoms with van der Waals surface area (Å²) in [4.78, 5) is 14.0. The summed E-state index contributed by atoms with van der Waals surface area (Å²) in [7, 11) is 0. The minimum Gasteiger partial charge on any atom is -0.353 e. The highest BCUT2D eigenvalue weighted by Crippen LogP contribution is 2.19. The van der Waals surface area contributed by atoms with Gasteiger partial charge in [-0.05, 0) is 27.2 Å². The van der Waals surface area contributed by atoms with Gasteiger partial charge in [0.05, 0.1) is 17.6 Å². The Labute approximate surface area is 144 Å². The molecule has 24 heavy (non-hydrogen) atoms. The third kappa shape index (κ3) is 3.59. The first-order valence-corrected chi connectivity index (χ1v) is 8.87. The summed E-state index contributed by atoms with van der Waals surface area (Å²) < 4.78 is 2.12. The van der Waals surface area contributed by atoms with Crippen LogP contribution in [0.2, 0.25) is 0 Å². The third-order valence-electron chi connectivity index (χ3n) is 4.76. The maximum absolute atomic E-state index is 4.67. The van der Waals surface area contributed by atoms with Crippen LogP contribution in [0.3, 0.4) is 0 Å². The number of hydrogen-bond acceptors (Lipinski definition) is 5. The first-order chi connectivity index (χ1) is 11.6. The molecular weight excluding hydrogens is 300 g/mol. The Balaban J connectivity index is 1.60. The van der Waals surface area contributed by atoms with Crippen LogP contribution in [0.25, 0.3) is 0 Å². The molecule has 0 aliphatic carbocycles. The average molecular weight is 328 g/mol. The van der Waals surface area contributed by atoms with Gasteiger partial charge in [0.1, 0.15) is 5.82 Å². The highest BCUT2D eigenvalue weighted by atomic mass is 15.3. The van der Waals surface area contributed by atoms with Gasteiger partial charge in [-0.25, -0.2) is 4.98 Å². The molecule has 6 nitrogen and oxygen atoms in total. The molecule has 130 valence electrons. The molecule has 2 aromatic rings. The Morgan fingerprint density at radius 2 is 1.79 bits per heavy atom. The highest BCUT2D eigenvalue weighted by molar-refractivity contribution is 5.43. The number of rotatable bonds is 5. The minimum absolute atomic E-state index is 0.983. The first kappa shape index (κ1) is 16.9. The summed E-state index contributed by atoms with van der Waals surface area (Å²) in [6.45, 7) is 14.5. The predicted octanol–water partition coefficient (Wildman–Crippen LogP) is 2.33. The van der Waals surface area contributed by atoms with Gasteiger partial charge < -0.3 is 4.90 Å². The van der Waals surface area contributed by atoms with E-state index in [0.717, 1.165) is 62.9 Å². The number of anilines is 1. The van der Waals surface area contributed by atoms with Crippen LogP contribution in [-0.2, 0) is 13.1 Å². The maximum Gasteiger partial charge on any atom is 0.150 e. The number of piperazine rings is 1. The van der Waals surface area contributed by atoms with Crippen molar-refractivity contribution in [1.82, 2.24) is 24.6 Å². The summed E-state index contributed by atoms with van der Waals surface area (Å²) in [6, 6.07) is 0. The molecule has 1 fully saturated rings. The average Bonchev–Trinajstić information content (AvgIpc) is 2.92. The van der Waals surface area contributed by atoms with Crippen LogP contribution in [0.1, 0.15) is 36.0 Å². The van der Waals surface area contributed by atoms with E-state index < -0.39 is 0 Å². The second-order valence-corrected chi connectivity index (χ2v) is 6.66. The van der Waals surface area contributed by atoms with Crippen LogP contribution >= 0.6 is 0 Å². The Bertz CT molecular complexity index is 685. The van der Waals surface area contributed by atoms with Gasteiger partial charge in [-0.1, -0.05) is 6.92 Å². The Morgan fingerprint density at radius 3 is 2.50 bits per heavy atom. The van der Waals surface area contributed by atoms with Gasteiger partial charge in [0.25, 0.3) is 0 Å². The Morgan fingerprint density at radius 1 is 1.04 bits per heavy atom. The third-order valence-corrected chi connectivity index (χ3v) is 4.76.